The number of nitrogens with one attached hydrogen (secondary N) is 2. The molecule has 2 rings (SSSR count). The van der Waals surface area contributed by atoms with Crippen molar-refractivity contribution in [2.75, 3.05) is 25.1 Å². The molecule has 1 aromatic heterocycles. The van der Waals surface area contributed by atoms with Crippen molar-refractivity contribution in [3.8, 4) is 0 Å². The highest BCUT2D eigenvalue weighted by molar-refractivity contribution is 7.98. The molecule has 0 saturated heterocycles. The molecule has 0 amide bonds. The van der Waals surface area contributed by atoms with Crippen molar-refractivity contribution in [2.45, 2.75) is 39.8 Å². The van der Waals surface area contributed by atoms with E-state index in [1.165, 1.54) is 17.8 Å². The SMILES string of the molecule is CSCCCNC(=NCc1ccc([N+](=O)[O-])cc1)NCCCn1nc(C)cc1C. The smallest absolute Gasteiger partial charge is 0.269 e. The van der Waals surface area contributed by atoms with Crippen molar-refractivity contribution >= 4 is 23.4 Å². The Bertz CT molecular complexity index is 804. The monoisotopic (exact) mass is 418 g/mol. The first-order chi connectivity index (χ1) is 14.0. The molecule has 0 bridgehead atoms. The number of hydrogen-bond acceptors (Lipinski definition) is 5. The molecule has 0 fully saturated rings. The van der Waals surface area contributed by atoms with Crippen LogP contribution in [0.15, 0.2) is 35.3 Å². The van der Waals surface area contributed by atoms with Crippen molar-refractivity contribution in [1.82, 2.24) is 20.4 Å². The summed E-state index contributed by atoms with van der Waals surface area (Å²) in [7, 11) is 0. The Morgan fingerprint density at radius 1 is 1.21 bits per heavy atom. The molecule has 29 heavy (non-hydrogen) atoms. The van der Waals surface area contributed by atoms with Gasteiger partial charge in [0.2, 0.25) is 0 Å². The zero-order chi connectivity index (χ0) is 21.1. The third-order valence-corrected chi connectivity index (χ3v) is 5.02. The number of rotatable bonds is 11. The van der Waals surface area contributed by atoms with Gasteiger partial charge in [0.25, 0.3) is 5.69 Å². The van der Waals surface area contributed by atoms with E-state index in [-0.39, 0.29) is 5.69 Å². The van der Waals surface area contributed by atoms with Crippen LogP contribution in [0.1, 0.15) is 29.8 Å². The van der Waals surface area contributed by atoms with E-state index in [1.807, 2.05) is 23.4 Å². The normalized spacial score (nSPS) is 11.5. The number of guanidine groups is 1. The highest BCUT2D eigenvalue weighted by Crippen LogP contribution is 2.12. The first-order valence-corrected chi connectivity index (χ1v) is 11.1. The summed E-state index contributed by atoms with van der Waals surface area (Å²) in [5.41, 5.74) is 3.24. The summed E-state index contributed by atoms with van der Waals surface area (Å²) in [5.74, 6) is 1.86. The zero-order valence-corrected chi connectivity index (χ0v) is 18.2. The summed E-state index contributed by atoms with van der Waals surface area (Å²) >= 11 is 1.82. The molecule has 0 aliphatic carbocycles. The molecule has 0 unspecified atom stereocenters. The lowest BCUT2D eigenvalue weighted by atomic mass is 10.2. The van der Waals surface area contributed by atoms with E-state index in [2.05, 4.69) is 40.0 Å². The maximum absolute atomic E-state index is 10.8. The highest BCUT2D eigenvalue weighted by atomic mass is 32.2. The predicted octanol–water partition coefficient (Wildman–Crippen LogP) is 3.29. The Morgan fingerprint density at radius 2 is 1.90 bits per heavy atom. The van der Waals surface area contributed by atoms with E-state index in [0.29, 0.717) is 6.54 Å². The van der Waals surface area contributed by atoms with Crippen LogP contribution in [0.3, 0.4) is 0 Å². The first kappa shape index (κ1) is 22.7. The van der Waals surface area contributed by atoms with Gasteiger partial charge in [0.15, 0.2) is 5.96 Å². The highest BCUT2D eigenvalue weighted by Gasteiger charge is 2.05. The summed E-state index contributed by atoms with van der Waals surface area (Å²) in [5, 5.41) is 22.0. The molecule has 0 aliphatic rings. The fourth-order valence-electron chi connectivity index (χ4n) is 2.83. The lowest BCUT2D eigenvalue weighted by Crippen LogP contribution is -2.38. The minimum Gasteiger partial charge on any atom is -0.356 e. The molecule has 9 heteroatoms. The van der Waals surface area contributed by atoms with E-state index in [9.17, 15) is 10.1 Å². The third-order valence-electron chi connectivity index (χ3n) is 4.33. The van der Waals surface area contributed by atoms with Crippen LogP contribution in [-0.2, 0) is 13.1 Å². The Kier molecular flexibility index (Phi) is 9.49. The lowest BCUT2D eigenvalue weighted by Gasteiger charge is -2.13. The number of thioether (sulfide) groups is 1. The van der Waals surface area contributed by atoms with Gasteiger partial charge in [0.1, 0.15) is 0 Å². The van der Waals surface area contributed by atoms with E-state index in [4.69, 9.17) is 0 Å². The second-order valence-corrected chi connectivity index (χ2v) is 7.78. The van der Waals surface area contributed by atoms with Gasteiger partial charge >= 0.3 is 0 Å². The van der Waals surface area contributed by atoms with Crippen LogP contribution in [0.4, 0.5) is 5.69 Å². The summed E-state index contributed by atoms with van der Waals surface area (Å²) in [6, 6.07) is 8.60. The fourth-order valence-corrected chi connectivity index (χ4v) is 3.26. The van der Waals surface area contributed by atoms with Crippen molar-refractivity contribution in [1.29, 1.82) is 0 Å². The van der Waals surface area contributed by atoms with Gasteiger partial charge in [0, 0.05) is 37.5 Å². The summed E-state index contributed by atoms with van der Waals surface area (Å²) in [6.07, 6.45) is 4.09. The number of aryl methyl sites for hydroxylation is 3. The number of hydrogen-bond donors (Lipinski definition) is 2. The third kappa shape index (κ3) is 8.15. The second kappa shape index (κ2) is 12.1. The van der Waals surface area contributed by atoms with Gasteiger partial charge in [-0.1, -0.05) is 12.1 Å². The molecule has 0 spiro atoms. The van der Waals surface area contributed by atoms with Crippen LogP contribution in [0.25, 0.3) is 0 Å². The zero-order valence-electron chi connectivity index (χ0n) is 17.4. The van der Waals surface area contributed by atoms with Crippen molar-refractivity contribution < 1.29 is 4.92 Å². The van der Waals surface area contributed by atoms with E-state index < -0.39 is 4.92 Å². The van der Waals surface area contributed by atoms with Gasteiger partial charge in [-0.2, -0.15) is 16.9 Å². The molecule has 2 aromatic rings. The molecular formula is C20H30N6O2S. The van der Waals surface area contributed by atoms with Crippen LogP contribution in [0.5, 0.6) is 0 Å². The van der Waals surface area contributed by atoms with Crippen molar-refractivity contribution in [3.63, 3.8) is 0 Å². The molecule has 1 aromatic carbocycles. The number of nitro benzene ring substituents is 1. The maximum atomic E-state index is 10.8. The summed E-state index contributed by atoms with van der Waals surface area (Å²) < 4.78 is 2.02. The van der Waals surface area contributed by atoms with Crippen LogP contribution in [-0.4, -0.2) is 45.8 Å². The minimum absolute atomic E-state index is 0.0930. The van der Waals surface area contributed by atoms with E-state index >= 15 is 0 Å². The molecule has 0 aliphatic heterocycles. The maximum Gasteiger partial charge on any atom is 0.269 e. The molecule has 2 N–H and O–H groups in total. The average Bonchev–Trinajstić information content (AvgIpc) is 3.03. The van der Waals surface area contributed by atoms with Crippen molar-refractivity contribution in [2.24, 2.45) is 4.99 Å². The van der Waals surface area contributed by atoms with Crippen LogP contribution >= 0.6 is 11.8 Å². The first-order valence-electron chi connectivity index (χ1n) is 9.75. The Morgan fingerprint density at radius 3 is 2.48 bits per heavy atom. The second-order valence-electron chi connectivity index (χ2n) is 6.79. The van der Waals surface area contributed by atoms with Crippen LogP contribution in [0, 0.1) is 24.0 Å². The Labute approximate surface area is 176 Å². The van der Waals surface area contributed by atoms with Gasteiger partial charge in [-0.25, -0.2) is 4.99 Å². The molecular weight excluding hydrogens is 388 g/mol. The van der Waals surface area contributed by atoms with Gasteiger partial charge in [-0.05, 0) is 50.3 Å². The quantitative estimate of drug-likeness (QED) is 0.191. The molecule has 0 radical (unpaired) electrons. The average molecular weight is 419 g/mol. The molecule has 0 saturated carbocycles. The molecule has 8 nitrogen and oxygen atoms in total. The molecule has 158 valence electrons. The number of nitro groups is 1. The van der Waals surface area contributed by atoms with E-state index in [0.717, 1.165) is 55.4 Å². The van der Waals surface area contributed by atoms with E-state index in [1.54, 1.807) is 12.1 Å². The number of aromatic nitrogens is 2. The summed E-state index contributed by atoms with van der Waals surface area (Å²) in [6.45, 7) is 7.03. The number of nitrogens with zero attached hydrogens (tertiary/aromatic N) is 4. The number of aliphatic imine (C=N–C) groups is 1. The largest absolute Gasteiger partial charge is 0.356 e. The number of benzene rings is 1. The minimum atomic E-state index is -0.393. The topological polar surface area (TPSA) is 97.4 Å². The van der Waals surface area contributed by atoms with Crippen LogP contribution < -0.4 is 10.6 Å². The molecule has 1 heterocycles. The fraction of sp³-hybridized carbons (Fsp3) is 0.500. The lowest BCUT2D eigenvalue weighted by molar-refractivity contribution is -0.384. The van der Waals surface area contributed by atoms with Crippen LogP contribution in [0.2, 0.25) is 0 Å². The summed E-state index contributed by atoms with van der Waals surface area (Å²) in [4.78, 5) is 15.0. The Balaban J connectivity index is 1.87. The van der Waals surface area contributed by atoms with Gasteiger partial charge < -0.3 is 10.6 Å². The Hall–Kier alpha value is -2.55. The van der Waals surface area contributed by atoms with Crippen molar-refractivity contribution in [3.05, 3.63) is 57.4 Å². The molecule has 0 atom stereocenters. The van der Waals surface area contributed by atoms with Gasteiger partial charge in [-0.15, -0.1) is 0 Å². The van der Waals surface area contributed by atoms with Gasteiger partial charge in [0.05, 0.1) is 17.2 Å². The van der Waals surface area contributed by atoms with Gasteiger partial charge in [-0.3, -0.25) is 14.8 Å². The number of non-ortho nitro benzene ring substituents is 1. The predicted molar refractivity (Wildman–Crippen MR) is 120 cm³/mol. The standard InChI is InChI=1S/C20H30N6O2S/c1-16-14-17(2)25(24-16)12-4-10-21-20(22-11-5-13-29-3)23-15-18-6-8-19(9-7-18)26(27)28/h6-9,14H,4-5,10-13,15H2,1-3H3,(H2,21,22,23).